The molecular formula is C15H26N4O3S. The highest BCUT2D eigenvalue weighted by molar-refractivity contribution is 7.86. The van der Waals surface area contributed by atoms with Crippen molar-refractivity contribution in [3.63, 3.8) is 0 Å². The number of hydrogen-bond donors (Lipinski definition) is 0. The summed E-state index contributed by atoms with van der Waals surface area (Å²) in [6.07, 6.45) is 4.55. The van der Waals surface area contributed by atoms with E-state index in [1.165, 1.54) is 21.5 Å². The number of ether oxygens (including phenoxy) is 1. The molecule has 1 saturated carbocycles. The van der Waals surface area contributed by atoms with Gasteiger partial charge in [-0.25, -0.2) is 0 Å². The molecule has 23 heavy (non-hydrogen) atoms. The van der Waals surface area contributed by atoms with Gasteiger partial charge >= 0.3 is 0 Å². The monoisotopic (exact) mass is 342 g/mol. The van der Waals surface area contributed by atoms with Gasteiger partial charge in [0.15, 0.2) is 0 Å². The van der Waals surface area contributed by atoms with Gasteiger partial charge < -0.3 is 4.74 Å². The zero-order valence-electron chi connectivity index (χ0n) is 14.1. The first kappa shape index (κ1) is 16.9. The van der Waals surface area contributed by atoms with Gasteiger partial charge in [0, 0.05) is 51.5 Å². The molecule has 0 amide bonds. The van der Waals surface area contributed by atoms with Gasteiger partial charge in [-0.15, -0.1) is 0 Å². The highest BCUT2D eigenvalue weighted by Crippen LogP contribution is 2.32. The molecular weight excluding hydrogens is 316 g/mol. The van der Waals surface area contributed by atoms with Crippen molar-refractivity contribution in [3.8, 4) is 0 Å². The van der Waals surface area contributed by atoms with E-state index in [0.717, 1.165) is 24.4 Å². The van der Waals surface area contributed by atoms with Crippen molar-refractivity contribution < 1.29 is 13.2 Å². The molecule has 8 heteroatoms. The van der Waals surface area contributed by atoms with Crippen LogP contribution >= 0.6 is 0 Å². The second kappa shape index (κ2) is 6.51. The lowest BCUT2D eigenvalue weighted by Crippen LogP contribution is -2.44. The van der Waals surface area contributed by atoms with Crippen molar-refractivity contribution in [2.24, 2.45) is 5.92 Å². The number of fused-ring (bicyclic) bond motifs is 1. The topological polar surface area (TPSA) is 67.7 Å². The standard InChI is InChI=1S/C15H26N4O3S/c1-4-18-8-14-13(11-22-10-12-5-6-12)7-19(9-15(14)16-18)23(20,21)17(2)3/h8,12-13H,4-7,9-11H2,1-3H3. The van der Waals surface area contributed by atoms with Crippen LogP contribution < -0.4 is 0 Å². The summed E-state index contributed by atoms with van der Waals surface area (Å²) in [5.41, 5.74) is 1.98. The summed E-state index contributed by atoms with van der Waals surface area (Å²) in [5, 5.41) is 4.53. The summed E-state index contributed by atoms with van der Waals surface area (Å²) in [5.74, 6) is 0.755. The molecule has 3 rings (SSSR count). The van der Waals surface area contributed by atoms with E-state index >= 15 is 0 Å². The molecule has 1 aliphatic carbocycles. The molecule has 1 aromatic rings. The first-order valence-electron chi connectivity index (χ1n) is 8.23. The third kappa shape index (κ3) is 3.60. The van der Waals surface area contributed by atoms with Crippen LogP contribution in [-0.4, -0.2) is 60.7 Å². The molecule has 0 N–H and O–H groups in total. The zero-order valence-corrected chi connectivity index (χ0v) is 14.9. The van der Waals surface area contributed by atoms with Crippen molar-refractivity contribution in [1.29, 1.82) is 0 Å². The molecule has 0 spiro atoms. The van der Waals surface area contributed by atoms with E-state index < -0.39 is 10.2 Å². The smallest absolute Gasteiger partial charge is 0.281 e. The van der Waals surface area contributed by atoms with Crippen LogP contribution in [0, 0.1) is 5.92 Å². The van der Waals surface area contributed by atoms with Crippen LogP contribution in [-0.2, 0) is 28.0 Å². The summed E-state index contributed by atoms with van der Waals surface area (Å²) in [6.45, 7) is 4.94. The minimum absolute atomic E-state index is 0.0486. The van der Waals surface area contributed by atoms with Crippen molar-refractivity contribution in [2.45, 2.75) is 38.8 Å². The summed E-state index contributed by atoms with van der Waals surface area (Å²) in [6, 6.07) is 0. The molecule has 1 aliphatic heterocycles. The predicted molar refractivity (Wildman–Crippen MR) is 87.2 cm³/mol. The van der Waals surface area contributed by atoms with E-state index in [9.17, 15) is 8.42 Å². The summed E-state index contributed by atoms with van der Waals surface area (Å²) in [4.78, 5) is 0. The van der Waals surface area contributed by atoms with Gasteiger partial charge in [-0.1, -0.05) is 0 Å². The minimum atomic E-state index is -3.44. The van der Waals surface area contributed by atoms with Crippen molar-refractivity contribution in [2.75, 3.05) is 33.9 Å². The normalized spacial score (nSPS) is 22.5. The van der Waals surface area contributed by atoms with Crippen LogP contribution in [0.2, 0.25) is 0 Å². The molecule has 1 aromatic heterocycles. The van der Waals surface area contributed by atoms with E-state index in [2.05, 4.69) is 5.10 Å². The lowest BCUT2D eigenvalue weighted by Gasteiger charge is -2.32. The van der Waals surface area contributed by atoms with Crippen LogP contribution in [0.1, 0.15) is 36.9 Å². The molecule has 1 unspecified atom stereocenters. The molecule has 130 valence electrons. The molecule has 0 saturated heterocycles. The molecule has 1 atom stereocenters. The number of hydrogen-bond acceptors (Lipinski definition) is 4. The van der Waals surface area contributed by atoms with Gasteiger partial charge in [0.05, 0.1) is 18.8 Å². The third-order valence-electron chi connectivity index (χ3n) is 4.54. The zero-order chi connectivity index (χ0) is 16.6. The van der Waals surface area contributed by atoms with Gasteiger partial charge in [0.25, 0.3) is 10.2 Å². The van der Waals surface area contributed by atoms with Gasteiger partial charge in [0.2, 0.25) is 0 Å². The van der Waals surface area contributed by atoms with E-state index in [1.54, 1.807) is 14.1 Å². The van der Waals surface area contributed by atoms with Gasteiger partial charge in [0.1, 0.15) is 0 Å². The van der Waals surface area contributed by atoms with Crippen LogP contribution in [0.25, 0.3) is 0 Å². The maximum Gasteiger partial charge on any atom is 0.281 e. The Bertz CT molecular complexity index is 652. The Morgan fingerprint density at radius 1 is 1.35 bits per heavy atom. The SMILES string of the molecule is CCn1cc2c(n1)CN(S(=O)(=O)N(C)C)CC2COCC1CC1. The molecule has 2 aliphatic rings. The fourth-order valence-corrected chi connectivity index (χ4v) is 4.00. The second-order valence-electron chi connectivity index (χ2n) is 6.65. The summed E-state index contributed by atoms with van der Waals surface area (Å²) >= 11 is 0. The average Bonchev–Trinajstić information content (AvgIpc) is 3.23. The molecule has 0 bridgehead atoms. The molecule has 1 fully saturated rings. The van der Waals surface area contributed by atoms with Crippen LogP contribution in [0.3, 0.4) is 0 Å². The lowest BCUT2D eigenvalue weighted by molar-refractivity contribution is 0.101. The quantitative estimate of drug-likeness (QED) is 0.742. The van der Waals surface area contributed by atoms with Crippen molar-refractivity contribution in [1.82, 2.24) is 18.4 Å². The fraction of sp³-hybridized carbons (Fsp3) is 0.800. The fourth-order valence-electron chi connectivity index (χ4n) is 2.89. The molecule has 0 radical (unpaired) electrons. The Labute approximate surface area is 138 Å². The lowest BCUT2D eigenvalue weighted by atomic mass is 9.97. The summed E-state index contributed by atoms with van der Waals surface area (Å²) < 4.78 is 35.5. The van der Waals surface area contributed by atoms with Gasteiger partial charge in [-0.2, -0.15) is 22.1 Å². The highest BCUT2D eigenvalue weighted by Gasteiger charge is 2.35. The Morgan fingerprint density at radius 3 is 2.70 bits per heavy atom. The largest absolute Gasteiger partial charge is 0.380 e. The van der Waals surface area contributed by atoms with Crippen LogP contribution in [0.15, 0.2) is 6.20 Å². The molecule has 2 heterocycles. The van der Waals surface area contributed by atoms with Gasteiger partial charge in [-0.05, 0) is 25.7 Å². The Balaban J connectivity index is 1.79. The molecule has 7 nitrogen and oxygen atoms in total. The van der Waals surface area contributed by atoms with Crippen molar-refractivity contribution >= 4 is 10.2 Å². The van der Waals surface area contributed by atoms with E-state index in [0.29, 0.717) is 25.6 Å². The number of aromatic nitrogens is 2. The number of nitrogens with zero attached hydrogens (tertiary/aromatic N) is 4. The van der Waals surface area contributed by atoms with E-state index in [-0.39, 0.29) is 5.92 Å². The Morgan fingerprint density at radius 2 is 2.09 bits per heavy atom. The highest BCUT2D eigenvalue weighted by atomic mass is 32.2. The average molecular weight is 342 g/mol. The summed E-state index contributed by atoms with van der Waals surface area (Å²) in [7, 11) is -0.313. The van der Waals surface area contributed by atoms with Crippen LogP contribution in [0.4, 0.5) is 0 Å². The minimum Gasteiger partial charge on any atom is -0.380 e. The van der Waals surface area contributed by atoms with Gasteiger partial charge in [-0.3, -0.25) is 4.68 Å². The first-order valence-corrected chi connectivity index (χ1v) is 9.63. The maximum atomic E-state index is 12.5. The van der Waals surface area contributed by atoms with E-state index in [1.807, 2.05) is 17.8 Å². The Hall–Kier alpha value is -0.960. The third-order valence-corrected chi connectivity index (χ3v) is 6.40. The number of rotatable bonds is 7. The number of aryl methyl sites for hydroxylation is 1. The second-order valence-corrected chi connectivity index (χ2v) is 8.79. The van der Waals surface area contributed by atoms with Crippen molar-refractivity contribution in [3.05, 3.63) is 17.5 Å². The predicted octanol–water partition coefficient (Wildman–Crippen LogP) is 1.04. The molecule has 0 aromatic carbocycles. The van der Waals surface area contributed by atoms with E-state index in [4.69, 9.17) is 4.74 Å². The maximum absolute atomic E-state index is 12.5. The Kier molecular flexibility index (Phi) is 4.78. The first-order chi connectivity index (χ1) is 10.9. The van der Waals surface area contributed by atoms with Crippen LogP contribution in [0.5, 0.6) is 0 Å².